The lowest BCUT2D eigenvalue weighted by Gasteiger charge is -2.19. The minimum absolute atomic E-state index is 0.0679. The van der Waals surface area contributed by atoms with Crippen molar-refractivity contribution in [3.05, 3.63) is 57.6 Å². The van der Waals surface area contributed by atoms with Crippen molar-refractivity contribution in [2.24, 2.45) is 0 Å². The van der Waals surface area contributed by atoms with Crippen molar-refractivity contribution >= 4 is 15.7 Å². The fourth-order valence-electron chi connectivity index (χ4n) is 2.75. The Morgan fingerprint density at radius 1 is 0.826 bits per heavy atom. The summed E-state index contributed by atoms with van der Waals surface area (Å²) < 4.78 is 28.3. The van der Waals surface area contributed by atoms with Crippen molar-refractivity contribution in [2.75, 3.05) is 4.72 Å². The van der Waals surface area contributed by atoms with E-state index < -0.39 is 10.0 Å². The molecular weight excluding hydrogens is 310 g/mol. The molecule has 0 aliphatic carbocycles. The van der Waals surface area contributed by atoms with Gasteiger partial charge in [0, 0.05) is 5.69 Å². The Morgan fingerprint density at radius 2 is 1.26 bits per heavy atom. The topological polar surface area (TPSA) is 66.4 Å². The van der Waals surface area contributed by atoms with Crippen molar-refractivity contribution in [3.8, 4) is 0 Å². The van der Waals surface area contributed by atoms with Crippen LogP contribution in [0.4, 0.5) is 5.69 Å². The largest absolute Gasteiger partial charge is 0.392 e. The molecule has 0 radical (unpaired) electrons. The zero-order valence-electron chi connectivity index (χ0n) is 14.2. The van der Waals surface area contributed by atoms with Gasteiger partial charge in [0.2, 0.25) is 0 Å². The second-order valence-electron chi connectivity index (χ2n) is 5.91. The zero-order chi connectivity index (χ0) is 17.4. The third-order valence-electron chi connectivity index (χ3n) is 4.59. The molecule has 0 fully saturated rings. The standard InChI is InChI=1S/C18H23NO3S/c1-11-12(2)14(4)18(15(5)13(11)3)23(21,22)19-17-8-6-16(10-20)7-9-17/h6-9,19-20H,10H2,1-5H3. The number of hydrogen-bond acceptors (Lipinski definition) is 3. The Morgan fingerprint density at radius 3 is 1.70 bits per heavy atom. The van der Waals surface area contributed by atoms with Gasteiger partial charge in [-0.25, -0.2) is 8.42 Å². The van der Waals surface area contributed by atoms with Gasteiger partial charge >= 0.3 is 0 Å². The molecule has 0 saturated carbocycles. The maximum atomic E-state index is 12.9. The first-order valence-electron chi connectivity index (χ1n) is 7.48. The molecule has 2 aromatic rings. The Hall–Kier alpha value is -1.85. The van der Waals surface area contributed by atoms with Crippen molar-refractivity contribution < 1.29 is 13.5 Å². The van der Waals surface area contributed by atoms with Crippen molar-refractivity contribution in [1.29, 1.82) is 0 Å². The lowest BCUT2D eigenvalue weighted by atomic mass is 9.95. The van der Waals surface area contributed by atoms with Gasteiger partial charge in [-0.05, 0) is 80.1 Å². The second-order valence-corrected chi connectivity index (χ2v) is 7.53. The van der Waals surface area contributed by atoms with E-state index in [1.807, 2.05) is 34.6 Å². The molecule has 0 unspecified atom stereocenters. The molecule has 124 valence electrons. The molecule has 0 heterocycles. The molecule has 0 bridgehead atoms. The summed E-state index contributed by atoms with van der Waals surface area (Å²) in [5.74, 6) is 0. The monoisotopic (exact) mass is 333 g/mol. The number of sulfonamides is 1. The predicted molar refractivity (Wildman–Crippen MR) is 93.3 cm³/mol. The first-order valence-corrected chi connectivity index (χ1v) is 8.97. The van der Waals surface area contributed by atoms with Gasteiger partial charge in [0.15, 0.2) is 0 Å². The number of rotatable bonds is 4. The number of nitrogens with one attached hydrogen (secondary N) is 1. The van der Waals surface area contributed by atoms with E-state index in [0.717, 1.165) is 33.4 Å². The van der Waals surface area contributed by atoms with Crippen LogP contribution in [0.2, 0.25) is 0 Å². The van der Waals surface area contributed by atoms with Gasteiger partial charge in [0.05, 0.1) is 11.5 Å². The summed E-state index contributed by atoms with van der Waals surface area (Å²) in [6, 6.07) is 6.70. The molecule has 5 heteroatoms. The summed E-state index contributed by atoms with van der Waals surface area (Å²) >= 11 is 0. The molecule has 0 spiro atoms. The number of benzene rings is 2. The van der Waals surface area contributed by atoms with Crippen LogP contribution in [-0.2, 0) is 16.6 Å². The third-order valence-corrected chi connectivity index (χ3v) is 6.24. The van der Waals surface area contributed by atoms with Crippen LogP contribution in [0.15, 0.2) is 29.2 Å². The predicted octanol–water partition coefficient (Wildman–Crippen LogP) is 3.52. The highest BCUT2D eigenvalue weighted by Gasteiger charge is 2.23. The van der Waals surface area contributed by atoms with Crippen LogP contribution in [0, 0.1) is 34.6 Å². The number of aliphatic hydroxyl groups is 1. The van der Waals surface area contributed by atoms with E-state index in [2.05, 4.69) is 4.72 Å². The van der Waals surface area contributed by atoms with E-state index in [1.54, 1.807) is 24.3 Å². The molecule has 0 aliphatic heterocycles. The number of hydrogen-bond donors (Lipinski definition) is 2. The maximum Gasteiger partial charge on any atom is 0.262 e. The molecule has 0 saturated heterocycles. The summed E-state index contributed by atoms with van der Waals surface area (Å²) in [6.45, 7) is 9.54. The van der Waals surface area contributed by atoms with Gasteiger partial charge in [-0.15, -0.1) is 0 Å². The minimum atomic E-state index is -3.67. The molecule has 0 amide bonds. The zero-order valence-corrected chi connectivity index (χ0v) is 15.0. The Bertz CT molecular complexity index is 809. The highest BCUT2D eigenvalue weighted by atomic mass is 32.2. The third kappa shape index (κ3) is 3.26. The van der Waals surface area contributed by atoms with E-state index in [-0.39, 0.29) is 6.61 Å². The van der Waals surface area contributed by atoms with Crippen LogP contribution in [0.5, 0.6) is 0 Å². The maximum absolute atomic E-state index is 12.9. The highest BCUT2D eigenvalue weighted by molar-refractivity contribution is 7.92. The number of aliphatic hydroxyl groups excluding tert-OH is 1. The lowest BCUT2D eigenvalue weighted by molar-refractivity contribution is 0.282. The molecule has 4 nitrogen and oxygen atoms in total. The summed E-state index contributed by atoms with van der Waals surface area (Å²) in [5, 5.41) is 9.06. The van der Waals surface area contributed by atoms with Crippen LogP contribution in [0.3, 0.4) is 0 Å². The first kappa shape index (κ1) is 17.5. The van der Waals surface area contributed by atoms with Gasteiger partial charge in [-0.2, -0.15) is 0 Å². The van der Waals surface area contributed by atoms with E-state index >= 15 is 0 Å². The van der Waals surface area contributed by atoms with Crippen LogP contribution < -0.4 is 4.72 Å². The lowest BCUT2D eigenvalue weighted by Crippen LogP contribution is -2.17. The molecule has 0 atom stereocenters. The fourth-order valence-corrected chi connectivity index (χ4v) is 4.41. The van der Waals surface area contributed by atoms with Crippen LogP contribution in [0.1, 0.15) is 33.4 Å². The van der Waals surface area contributed by atoms with Crippen LogP contribution >= 0.6 is 0 Å². The van der Waals surface area contributed by atoms with E-state index in [1.165, 1.54) is 0 Å². The van der Waals surface area contributed by atoms with Crippen LogP contribution in [-0.4, -0.2) is 13.5 Å². The van der Waals surface area contributed by atoms with Gasteiger partial charge in [0.1, 0.15) is 0 Å². The normalized spacial score (nSPS) is 11.6. The summed E-state index contributed by atoms with van der Waals surface area (Å²) in [6.07, 6.45) is 0. The summed E-state index contributed by atoms with van der Waals surface area (Å²) in [4.78, 5) is 0.351. The molecule has 2 aromatic carbocycles. The first-order chi connectivity index (χ1) is 10.7. The van der Waals surface area contributed by atoms with Gasteiger partial charge < -0.3 is 5.11 Å². The molecule has 2 N–H and O–H groups in total. The fraction of sp³-hybridized carbons (Fsp3) is 0.333. The second kappa shape index (κ2) is 6.34. The molecule has 2 rings (SSSR count). The molecular formula is C18H23NO3S. The Balaban J connectivity index is 2.51. The molecule has 0 aliphatic rings. The molecule has 0 aromatic heterocycles. The minimum Gasteiger partial charge on any atom is -0.392 e. The Labute approximate surface area is 138 Å². The molecule has 23 heavy (non-hydrogen) atoms. The van der Waals surface area contributed by atoms with E-state index in [9.17, 15) is 8.42 Å². The highest BCUT2D eigenvalue weighted by Crippen LogP contribution is 2.30. The average molecular weight is 333 g/mol. The van der Waals surface area contributed by atoms with Gasteiger partial charge in [-0.3, -0.25) is 4.72 Å². The van der Waals surface area contributed by atoms with Crippen molar-refractivity contribution in [1.82, 2.24) is 0 Å². The van der Waals surface area contributed by atoms with Gasteiger partial charge in [-0.1, -0.05) is 12.1 Å². The van der Waals surface area contributed by atoms with E-state index in [4.69, 9.17) is 5.11 Å². The quantitative estimate of drug-likeness (QED) is 0.899. The summed E-state index contributed by atoms with van der Waals surface area (Å²) in [7, 11) is -3.67. The van der Waals surface area contributed by atoms with Gasteiger partial charge in [0.25, 0.3) is 10.0 Å². The SMILES string of the molecule is Cc1c(C)c(C)c(S(=O)(=O)Nc2ccc(CO)cc2)c(C)c1C. The van der Waals surface area contributed by atoms with Crippen molar-refractivity contribution in [3.63, 3.8) is 0 Å². The Kier molecular flexibility index (Phi) is 4.82. The average Bonchev–Trinajstić information content (AvgIpc) is 2.51. The number of anilines is 1. The van der Waals surface area contributed by atoms with Crippen LogP contribution in [0.25, 0.3) is 0 Å². The van der Waals surface area contributed by atoms with Crippen molar-refractivity contribution in [2.45, 2.75) is 46.1 Å². The summed E-state index contributed by atoms with van der Waals surface area (Å²) in [5.41, 5.74) is 5.92. The smallest absolute Gasteiger partial charge is 0.262 e. The van der Waals surface area contributed by atoms with E-state index in [0.29, 0.717) is 10.6 Å².